The normalized spacial score (nSPS) is 16.2. The summed E-state index contributed by atoms with van der Waals surface area (Å²) >= 11 is 0. The monoisotopic (exact) mass is 455 g/mol. The number of amides is 1. The predicted octanol–water partition coefficient (Wildman–Crippen LogP) is 4.93. The molecule has 2 aromatic carbocycles. The molecule has 0 bridgehead atoms. The number of aryl methyl sites for hydroxylation is 1. The van der Waals surface area contributed by atoms with Gasteiger partial charge in [0.1, 0.15) is 18.0 Å². The summed E-state index contributed by atoms with van der Waals surface area (Å²) in [5, 5.41) is 2.74. The molecule has 0 spiro atoms. The zero-order valence-electron chi connectivity index (χ0n) is 19.4. The van der Waals surface area contributed by atoms with E-state index in [9.17, 15) is 9.59 Å². The first-order valence-electron chi connectivity index (χ1n) is 11.0. The van der Waals surface area contributed by atoms with Gasteiger partial charge in [-0.15, -0.1) is 0 Å². The molecular weight excluding hydrogens is 426 g/mol. The molecule has 176 valence electrons. The van der Waals surface area contributed by atoms with Gasteiger partial charge in [-0.1, -0.05) is 6.07 Å². The third-order valence-corrected chi connectivity index (χ3v) is 5.55. The molecule has 1 N–H and O–H groups in total. The van der Waals surface area contributed by atoms with Gasteiger partial charge < -0.3 is 23.7 Å². The number of hydrogen-bond donors (Lipinski definition) is 1. The summed E-state index contributed by atoms with van der Waals surface area (Å²) in [6.45, 7) is 5.76. The minimum atomic E-state index is -0.601. The van der Waals surface area contributed by atoms with E-state index in [1.807, 2.05) is 18.2 Å². The maximum atomic E-state index is 12.2. The van der Waals surface area contributed by atoms with Crippen molar-refractivity contribution >= 4 is 17.7 Å². The number of carbonyl (C=O) groups excluding carboxylic acids is 2. The summed E-state index contributed by atoms with van der Waals surface area (Å²) in [4.78, 5) is 23.8. The Morgan fingerprint density at radius 2 is 1.97 bits per heavy atom. The van der Waals surface area contributed by atoms with Gasteiger partial charge in [-0.2, -0.15) is 0 Å². The Morgan fingerprint density at radius 3 is 2.73 bits per heavy atom. The largest absolute Gasteiger partial charge is 0.489 e. The zero-order valence-corrected chi connectivity index (χ0v) is 19.4. The Hall–Kier alpha value is -3.42. The molecule has 1 aliphatic heterocycles. The fraction of sp³-hybridized carbons (Fsp3) is 0.440. The van der Waals surface area contributed by atoms with Crippen molar-refractivity contribution in [2.45, 2.75) is 58.2 Å². The highest BCUT2D eigenvalue weighted by atomic mass is 16.7. The van der Waals surface area contributed by atoms with E-state index in [4.69, 9.17) is 23.7 Å². The molecule has 1 aliphatic carbocycles. The van der Waals surface area contributed by atoms with Crippen LogP contribution in [0.4, 0.5) is 10.5 Å². The van der Waals surface area contributed by atoms with Crippen LogP contribution in [0.15, 0.2) is 30.3 Å². The van der Waals surface area contributed by atoms with Gasteiger partial charge in [-0.25, -0.2) is 4.79 Å². The van der Waals surface area contributed by atoms with Crippen LogP contribution in [-0.2, 0) is 27.3 Å². The Labute approximate surface area is 193 Å². The van der Waals surface area contributed by atoms with E-state index < -0.39 is 11.7 Å². The number of fused-ring (bicyclic) bond motifs is 2. The SMILES string of the molecule is COC(=O)CC1CCc2cc(OCc3cc(NC(=O)OC(C)(C)C)cc4c3OCO4)ccc21. The Balaban J connectivity index is 1.46. The van der Waals surface area contributed by atoms with Crippen LogP contribution >= 0.6 is 0 Å². The van der Waals surface area contributed by atoms with E-state index in [1.165, 1.54) is 18.2 Å². The zero-order chi connectivity index (χ0) is 23.6. The van der Waals surface area contributed by atoms with E-state index in [2.05, 4.69) is 5.32 Å². The highest BCUT2D eigenvalue weighted by Gasteiger charge is 2.26. The van der Waals surface area contributed by atoms with Gasteiger partial charge in [0, 0.05) is 17.3 Å². The van der Waals surface area contributed by atoms with Gasteiger partial charge in [0.15, 0.2) is 11.5 Å². The number of benzene rings is 2. The van der Waals surface area contributed by atoms with Gasteiger partial charge >= 0.3 is 12.1 Å². The summed E-state index contributed by atoms with van der Waals surface area (Å²) in [7, 11) is 1.42. The maximum absolute atomic E-state index is 12.2. The first-order chi connectivity index (χ1) is 15.7. The van der Waals surface area contributed by atoms with Crippen molar-refractivity contribution in [2.24, 2.45) is 0 Å². The fourth-order valence-corrected chi connectivity index (χ4v) is 4.11. The molecule has 0 radical (unpaired) electrons. The van der Waals surface area contributed by atoms with Crippen LogP contribution in [-0.4, -0.2) is 31.6 Å². The van der Waals surface area contributed by atoms with Crippen molar-refractivity contribution in [3.05, 3.63) is 47.0 Å². The summed E-state index contributed by atoms with van der Waals surface area (Å²) in [6, 6.07) is 9.45. The van der Waals surface area contributed by atoms with Crippen LogP contribution < -0.4 is 19.5 Å². The lowest BCUT2D eigenvalue weighted by molar-refractivity contribution is -0.141. The third-order valence-electron chi connectivity index (χ3n) is 5.55. The summed E-state index contributed by atoms with van der Waals surface area (Å²) < 4.78 is 27.3. The summed E-state index contributed by atoms with van der Waals surface area (Å²) in [5.74, 6) is 1.87. The molecule has 1 amide bonds. The van der Waals surface area contributed by atoms with E-state index >= 15 is 0 Å². The molecule has 2 aliphatic rings. The van der Waals surface area contributed by atoms with Gasteiger partial charge in [0.05, 0.1) is 13.5 Å². The van der Waals surface area contributed by atoms with Crippen LogP contribution in [0.1, 0.15) is 56.2 Å². The molecule has 0 saturated carbocycles. The quantitative estimate of drug-likeness (QED) is 0.617. The molecule has 0 fully saturated rings. The second-order valence-corrected chi connectivity index (χ2v) is 9.16. The lowest BCUT2D eigenvalue weighted by atomic mass is 9.98. The molecule has 0 saturated heterocycles. The van der Waals surface area contributed by atoms with Gasteiger partial charge in [-0.3, -0.25) is 10.1 Å². The minimum Gasteiger partial charge on any atom is -0.489 e. The number of rotatable bonds is 6. The molecule has 4 rings (SSSR count). The smallest absolute Gasteiger partial charge is 0.412 e. The lowest BCUT2D eigenvalue weighted by Crippen LogP contribution is -2.27. The molecule has 1 atom stereocenters. The van der Waals surface area contributed by atoms with Gasteiger partial charge in [-0.05, 0) is 68.9 Å². The van der Waals surface area contributed by atoms with E-state index in [1.54, 1.807) is 32.9 Å². The third kappa shape index (κ3) is 5.50. The topological polar surface area (TPSA) is 92.3 Å². The van der Waals surface area contributed by atoms with Crippen LogP contribution in [0.2, 0.25) is 0 Å². The summed E-state index contributed by atoms with van der Waals surface area (Å²) in [5.41, 5.74) is 3.04. The maximum Gasteiger partial charge on any atom is 0.412 e. The number of esters is 1. The predicted molar refractivity (Wildman–Crippen MR) is 121 cm³/mol. The average molecular weight is 456 g/mol. The van der Waals surface area contributed by atoms with Crippen molar-refractivity contribution in [1.29, 1.82) is 0 Å². The second-order valence-electron chi connectivity index (χ2n) is 9.16. The molecule has 8 heteroatoms. The molecular formula is C25H29NO7. The first kappa shape index (κ1) is 22.8. The van der Waals surface area contributed by atoms with E-state index in [0.717, 1.165) is 24.2 Å². The highest BCUT2D eigenvalue weighted by Crippen LogP contribution is 2.40. The van der Waals surface area contributed by atoms with Crippen molar-refractivity contribution in [1.82, 2.24) is 0 Å². The molecule has 33 heavy (non-hydrogen) atoms. The van der Waals surface area contributed by atoms with Gasteiger partial charge in [0.25, 0.3) is 0 Å². The van der Waals surface area contributed by atoms with Crippen molar-refractivity contribution in [3.8, 4) is 17.2 Å². The lowest BCUT2D eigenvalue weighted by Gasteiger charge is -2.20. The molecule has 1 heterocycles. The number of methoxy groups -OCH3 is 1. The van der Waals surface area contributed by atoms with Crippen LogP contribution in [0.5, 0.6) is 17.2 Å². The molecule has 1 unspecified atom stereocenters. The molecule has 8 nitrogen and oxygen atoms in total. The average Bonchev–Trinajstić information content (AvgIpc) is 3.37. The number of hydrogen-bond acceptors (Lipinski definition) is 7. The second kappa shape index (κ2) is 9.21. The van der Waals surface area contributed by atoms with Crippen molar-refractivity contribution in [3.63, 3.8) is 0 Å². The Bertz CT molecular complexity index is 1060. The number of nitrogens with one attached hydrogen (secondary N) is 1. The van der Waals surface area contributed by atoms with Gasteiger partial charge in [0.2, 0.25) is 6.79 Å². The minimum absolute atomic E-state index is 0.110. The van der Waals surface area contributed by atoms with Crippen molar-refractivity contribution < 1.29 is 33.3 Å². The van der Waals surface area contributed by atoms with Crippen LogP contribution in [0, 0.1) is 0 Å². The molecule has 2 aromatic rings. The standard InChI is InChI=1S/C25H29NO7/c1-25(2,3)33-24(28)26-18-9-17(23-21(12-18)31-14-32-23)13-30-19-7-8-20-15(10-19)5-6-16(20)11-22(27)29-4/h7-10,12,16H,5-6,11,13-14H2,1-4H3,(H,26,28). The fourth-order valence-electron chi connectivity index (χ4n) is 4.11. The molecule has 0 aromatic heterocycles. The van der Waals surface area contributed by atoms with E-state index in [0.29, 0.717) is 23.6 Å². The van der Waals surface area contributed by atoms with Crippen LogP contribution in [0.25, 0.3) is 0 Å². The number of anilines is 1. The summed E-state index contributed by atoms with van der Waals surface area (Å²) in [6.07, 6.45) is 1.67. The highest BCUT2D eigenvalue weighted by molar-refractivity contribution is 5.86. The first-order valence-corrected chi connectivity index (χ1v) is 11.0. The Morgan fingerprint density at radius 1 is 1.15 bits per heavy atom. The van der Waals surface area contributed by atoms with Crippen LogP contribution in [0.3, 0.4) is 0 Å². The van der Waals surface area contributed by atoms with E-state index in [-0.39, 0.29) is 25.3 Å². The number of ether oxygens (including phenoxy) is 5. The number of carbonyl (C=O) groups is 2. The Kier molecular flexibility index (Phi) is 6.35. The van der Waals surface area contributed by atoms with Crippen molar-refractivity contribution in [2.75, 3.05) is 19.2 Å².